The minimum absolute atomic E-state index is 0.943. The van der Waals surface area contributed by atoms with Crippen molar-refractivity contribution in [2.24, 2.45) is 5.92 Å². The predicted molar refractivity (Wildman–Crippen MR) is 74.0 cm³/mol. The van der Waals surface area contributed by atoms with Crippen LogP contribution in [0.5, 0.6) is 0 Å². The van der Waals surface area contributed by atoms with Crippen LogP contribution in [0.1, 0.15) is 45.6 Å². The number of piperidine rings is 1. The van der Waals surface area contributed by atoms with Crippen molar-refractivity contribution >= 4 is 11.3 Å². The quantitative estimate of drug-likeness (QED) is 0.739. The number of likely N-dealkylation sites (tertiary alicyclic amines) is 1. The summed E-state index contributed by atoms with van der Waals surface area (Å²) in [5.41, 5.74) is 1.49. The zero-order valence-corrected chi connectivity index (χ0v) is 11.7. The van der Waals surface area contributed by atoms with E-state index in [1.165, 1.54) is 37.9 Å². The second-order valence-electron chi connectivity index (χ2n) is 4.80. The lowest BCUT2D eigenvalue weighted by Crippen LogP contribution is -2.32. The van der Waals surface area contributed by atoms with Crippen LogP contribution >= 0.6 is 11.3 Å². The van der Waals surface area contributed by atoms with Crippen molar-refractivity contribution in [3.8, 4) is 0 Å². The Kier molecular flexibility index (Phi) is 6.74. The molecule has 1 saturated heterocycles. The van der Waals surface area contributed by atoms with Gasteiger partial charge in [0.2, 0.25) is 0 Å². The van der Waals surface area contributed by atoms with Crippen molar-refractivity contribution in [2.75, 3.05) is 13.1 Å². The Bertz CT molecular complexity index is 248. The van der Waals surface area contributed by atoms with Gasteiger partial charge in [-0.2, -0.15) is 11.3 Å². The lowest BCUT2D eigenvalue weighted by molar-refractivity contribution is 0.185. The van der Waals surface area contributed by atoms with Gasteiger partial charge < -0.3 is 0 Å². The van der Waals surface area contributed by atoms with Crippen molar-refractivity contribution < 1.29 is 0 Å². The van der Waals surface area contributed by atoms with E-state index in [1.807, 2.05) is 0 Å². The summed E-state index contributed by atoms with van der Waals surface area (Å²) in [4.78, 5) is 2.57. The van der Waals surface area contributed by atoms with E-state index in [1.54, 1.807) is 11.3 Å². The summed E-state index contributed by atoms with van der Waals surface area (Å²) in [6, 6.07) is 2.24. The van der Waals surface area contributed by atoms with Crippen LogP contribution in [-0.2, 0) is 6.54 Å². The van der Waals surface area contributed by atoms with Gasteiger partial charge in [-0.05, 0) is 54.2 Å². The summed E-state index contributed by atoms with van der Waals surface area (Å²) in [5.74, 6) is 0.943. The van der Waals surface area contributed by atoms with E-state index in [9.17, 15) is 0 Å². The molecule has 92 valence electrons. The van der Waals surface area contributed by atoms with E-state index < -0.39 is 0 Å². The van der Waals surface area contributed by atoms with E-state index in [0.717, 1.165) is 12.5 Å². The van der Waals surface area contributed by atoms with Gasteiger partial charge in [0.05, 0.1) is 0 Å². The maximum atomic E-state index is 2.57. The van der Waals surface area contributed by atoms with Crippen molar-refractivity contribution in [3.05, 3.63) is 22.4 Å². The number of rotatable bonds is 2. The molecule has 1 nitrogen and oxygen atoms in total. The summed E-state index contributed by atoms with van der Waals surface area (Å²) in [5, 5.41) is 4.43. The average Bonchev–Trinajstić information content (AvgIpc) is 2.75. The van der Waals surface area contributed by atoms with Gasteiger partial charge in [-0.25, -0.2) is 0 Å². The molecule has 1 aliphatic heterocycles. The molecular formula is C14H25NS. The molecule has 1 fully saturated rings. The zero-order valence-electron chi connectivity index (χ0n) is 10.9. The van der Waals surface area contributed by atoms with Crippen LogP contribution < -0.4 is 0 Å². The average molecular weight is 239 g/mol. The molecule has 0 aliphatic carbocycles. The second-order valence-corrected chi connectivity index (χ2v) is 5.58. The van der Waals surface area contributed by atoms with E-state index in [0.29, 0.717) is 0 Å². The first-order valence-corrected chi connectivity index (χ1v) is 7.44. The fourth-order valence-corrected chi connectivity index (χ4v) is 2.52. The van der Waals surface area contributed by atoms with Gasteiger partial charge in [0, 0.05) is 6.54 Å². The van der Waals surface area contributed by atoms with Gasteiger partial charge >= 0.3 is 0 Å². The van der Waals surface area contributed by atoms with E-state index in [-0.39, 0.29) is 0 Å². The molecule has 16 heavy (non-hydrogen) atoms. The van der Waals surface area contributed by atoms with Crippen molar-refractivity contribution in [3.63, 3.8) is 0 Å². The Labute approximate surface area is 104 Å². The van der Waals surface area contributed by atoms with Crippen molar-refractivity contribution in [2.45, 2.75) is 46.6 Å². The first-order valence-electron chi connectivity index (χ1n) is 6.49. The highest BCUT2D eigenvalue weighted by molar-refractivity contribution is 7.07. The highest BCUT2D eigenvalue weighted by Gasteiger charge is 2.15. The third kappa shape index (κ3) is 5.13. The SMILES string of the molecule is CC1CCN(Cc2ccsc2)CC1.CCC. The van der Waals surface area contributed by atoms with Gasteiger partial charge in [-0.1, -0.05) is 27.2 Å². The predicted octanol–water partition coefficient (Wildman–Crippen LogP) is 4.40. The Morgan fingerprint density at radius 3 is 2.44 bits per heavy atom. The molecular weight excluding hydrogens is 214 g/mol. The third-order valence-electron chi connectivity index (χ3n) is 2.86. The molecule has 0 N–H and O–H groups in total. The highest BCUT2D eigenvalue weighted by Crippen LogP contribution is 2.18. The maximum Gasteiger partial charge on any atom is 0.0241 e. The topological polar surface area (TPSA) is 3.24 Å². The van der Waals surface area contributed by atoms with Crippen LogP contribution in [0.25, 0.3) is 0 Å². The molecule has 0 amide bonds. The minimum atomic E-state index is 0.943. The molecule has 1 aliphatic rings. The first kappa shape index (κ1) is 13.7. The Morgan fingerprint density at radius 2 is 1.94 bits per heavy atom. The van der Waals surface area contributed by atoms with Gasteiger partial charge in [-0.3, -0.25) is 4.90 Å². The van der Waals surface area contributed by atoms with Gasteiger partial charge in [0.25, 0.3) is 0 Å². The Morgan fingerprint density at radius 1 is 1.31 bits per heavy atom. The summed E-state index contributed by atoms with van der Waals surface area (Å²) in [7, 11) is 0. The second kappa shape index (κ2) is 7.86. The smallest absolute Gasteiger partial charge is 0.0241 e. The van der Waals surface area contributed by atoms with Crippen molar-refractivity contribution in [1.29, 1.82) is 0 Å². The van der Waals surface area contributed by atoms with Crippen LogP contribution in [-0.4, -0.2) is 18.0 Å². The molecule has 1 aromatic heterocycles. The summed E-state index contributed by atoms with van der Waals surface area (Å²) in [6.45, 7) is 10.4. The molecule has 0 atom stereocenters. The number of hydrogen-bond acceptors (Lipinski definition) is 2. The summed E-state index contributed by atoms with van der Waals surface area (Å²) in [6.07, 6.45) is 4.01. The maximum absolute atomic E-state index is 2.57. The molecule has 0 radical (unpaired) electrons. The Balaban J connectivity index is 0.000000386. The molecule has 2 heteroatoms. The molecule has 2 rings (SSSR count). The lowest BCUT2D eigenvalue weighted by atomic mass is 9.99. The monoisotopic (exact) mass is 239 g/mol. The molecule has 2 heterocycles. The van der Waals surface area contributed by atoms with Gasteiger partial charge in [0.15, 0.2) is 0 Å². The number of hydrogen-bond donors (Lipinski definition) is 0. The minimum Gasteiger partial charge on any atom is -0.299 e. The standard InChI is InChI=1S/C11H17NS.C3H8/c1-10-2-5-12(6-3-10)8-11-4-7-13-9-11;1-3-2/h4,7,9-10H,2-3,5-6,8H2,1H3;3H2,1-2H3. The number of thiophene rings is 1. The molecule has 0 spiro atoms. The van der Waals surface area contributed by atoms with Crippen molar-refractivity contribution in [1.82, 2.24) is 4.90 Å². The van der Waals surface area contributed by atoms with Gasteiger partial charge in [-0.15, -0.1) is 0 Å². The highest BCUT2D eigenvalue weighted by atomic mass is 32.1. The molecule has 0 unspecified atom stereocenters. The fourth-order valence-electron chi connectivity index (χ4n) is 1.86. The third-order valence-corrected chi connectivity index (χ3v) is 3.59. The number of nitrogens with zero attached hydrogens (tertiary/aromatic N) is 1. The molecule has 1 aromatic rings. The lowest BCUT2D eigenvalue weighted by Gasteiger charge is -2.29. The van der Waals surface area contributed by atoms with E-state index >= 15 is 0 Å². The molecule has 0 bridgehead atoms. The summed E-state index contributed by atoms with van der Waals surface area (Å²) >= 11 is 1.80. The normalized spacial score (nSPS) is 17.9. The molecule has 0 saturated carbocycles. The van der Waals surface area contributed by atoms with Crippen LogP contribution in [0, 0.1) is 5.92 Å². The zero-order chi connectivity index (χ0) is 11.8. The van der Waals surface area contributed by atoms with E-state index in [4.69, 9.17) is 0 Å². The largest absolute Gasteiger partial charge is 0.299 e. The van der Waals surface area contributed by atoms with Gasteiger partial charge in [0.1, 0.15) is 0 Å². The molecule has 0 aromatic carbocycles. The first-order chi connectivity index (χ1) is 7.76. The van der Waals surface area contributed by atoms with Crippen LogP contribution in [0.3, 0.4) is 0 Å². The Hall–Kier alpha value is -0.340. The van der Waals surface area contributed by atoms with Crippen LogP contribution in [0.2, 0.25) is 0 Å². The van der Waals surface area contributed by atoms with Crippen LogP contribution in [0.4, 0.5) is 0 Å². The van der Waals surface area contributed by atoms with E-state index in [2.05, 4.69) is 42.5 Å². The fraction of sp³-hybridized carbons (Fsp3) is 0.714. The van der Waals surface area contributed by atoms with Crippen LogP contribution in [0.15, 0.2) is 16.8 Å². The summed E-state index contributed by atoms with van der Waals surface area (Å²) < 4.78 is 0.